The Kier molecular flexibility index (Phi) is 4.23. The zero-order chi connectivity index (χ0) is 19.1. The Bertz CT molecular complexity index is 994. The van der Waals surface area contributed by atoms with Gasteiger partial charge in [0.15, 0.2) is 0 Å². The molecule has 0 saturated heterocycles. The molecule has 142 valence electrons. The highest BCUT2D eigenvalue weighted by atomic mass is 16.1. The lowest BCUT2D eigenvalue weighted by molar-refractivity contribution is -0.121. The summed E-state index contributed by atoms with van der Waals surface area (Å²) in [5.41, 5.74) is 11.7. The Morgan fingerprint density at radius 3 is 2.32 bits per heavy atom. The molecule has 5 rings (SSSR count). The normalized spacial score (nSPS) is 26.4. The fourth-order valence-corrected chi connectivity index (χ4v) is 5.03. The predicted octanol–water partition coefficient (Wildman–Crippen LogP) is 4.24. The Hall–Kier alpha value is -2.95. The average Bonchev–Trinajstić information content (AvgIpc) is 2.80. The van der Waals surface area contributed by atoms with Crippen molar-refractivity contribution in [3.63, 3.8) is 0 Å². The predicted molar refractivity (Wildman–Crippen MR) is 113 cm³/mol. The van der Waals surface area contributed by atoms with Crippen LogP contribution in [0.15, 0.2) is 58.7 Å². The van der Waals surface area contributed by atoms with E-state index in [4.69, 9.17) is 10.8 Å². The van der Waals surface area contributed by atoms with Crippen molar-refractivity contribution in [3.8, 4) is 0 Å². The van der Waals surface area contributed by atoms with Crippen LogP contribution < -0.4 is 11.1 Å². The molecule has 2 heterocycles. The second-order valence-electron chi connectivity index (χ2n) is 7.97. The number of nitrogen functional groups attached to an aromatic ring is 1. The van der Waals surface area contributed by atoms with Crippen molar-refractivity contribution in [3.05, 3.63) is 59.7 Å². The van der Waals surface area contributed by atoms with Gasteiger partial charge in [-0.1, -0.05) is 55.7 Å². The topological polar surface area (TPSA) is 79.8 Å². The van der Waals surface area contributed by atoms with Gasteiger partial charge in [0, 0.05) is 40.3 Å². The first-order valence-electron chi connectivity index (χ1n) is 10.1. The summed E-state index contributed by atoms with van der Waals surface area (Å²) in [6.45, 7) is 0. The number of hydrogen-bond donors (Lipinski definition) is 2. The Balaban J connectivity index is 1.72. The number of anilines is 2. The molecule has 5 heteroatoms. The number of nitrogens with one attached hydrogen (secondary N) is 1. The molecule has 3 N–H and O–H groups in total. The average molecular weight is 372 g/mol. The maximum absolute atomic E-state index is 13.2. The van der Waals surface area contributed by atoms with Crippen LogP contribution in [0.1, 0.15) is 43.2 Å². The van der Waals surface area contributed by atoms with Crippen LogP contribution in [0.2, 0.25) is 0 Å². The first kappa shape index (κ1) is 17.2. The Morgan fingerprint density at radius 1 is 0.821 bits per heavy atom. The second-order valence-corrected chi connectivity index (χ2v) is 7.97. The van der Waals surface area contributed by atoms with Crippen LogP contribution in [0.4, 0.5) is 11.4 Å². The van der Waals surface area contributed by atoms with Crippen molar-refractivity contribution in [1.82, 2.24) is 0 Å². The van der Waals surface area contributed by atoms with Gasteiger partial charge < -0.3 is 11.1 Å². The number of hydrogen-bond acceptors (Lipinski definition) is 4. The second kappa shape index (κ2) is 6.89. The summed E-state index contributed by atoms with van der Waals surface area (Å²) in [5, 5.41) is 12.5. The van der Waals surface area contributed by atoms with Gasteiger partial charge >= 0.3 is 0 Å². The third-order valence-electron chi connectivity index (χ3n) is 6.36. The number of nitrogens with two attached hydrogens (primary N) is 1. The van der Waals surface area contributed by atoms with Crippen molar-refractivity contribution >= 4 is 28.7 Å². The molecule has 3 unspecified atom stereocenters. The molecule has 0 spiro atoms. The van der Waals surface area contributed by atoms with Crippen LogP contribution in [0, 0.1) is 17.8 Å². The number of amides is 1. The van der Waals surface area contributed by atoms with E-state index in [1.165, 1.54) is 0 Å². The summed E-state index contributed by atoms with van der Waals surface area (Å²) >= 11 is 0. The molecule has 0 radical (unpaired) electrons. The summed E-state index contributed by atoms with van der Waals surface area (Å²) in [5.74, 6) is 0.208. The minimum Gasteiger partial charge on any atom is -0.398 e. The number of carbonyl (C=O) groups excluding carboxylic acids is 1. The van der Waals surface area contributed by atoms with E-state index in [0.717, 1.165) is 66.0 Å². The highest BCUT2D eigenvalue weighted by molar-refractivity contribution is 6.18. The van der Waals surface area contributed by atoms with E-state index in [-0.39, 0.29) is 23.7 Å². The summed E-state index contributed by atoms with van der Waals surface area (Å²) in [4.78, 5) is 13.2. The number of nitrogens with zero attached hydrogens (tertiary/aromatic N) is 2. The molecule has 1 amide bonds. The third-order valence-corrected chi connectivity index (χ3v) is 6.36. The molecule has 3 atom stereocenters. The van der Waals surface area contributed by atoms with E-state index >= 15 is 0 Å². The molecule has 1 saturated carbocycles. The summed E-state index contributed by atoms with van der Waals surface area (Å²) in [7, 11) is 0. The van der Waals surface area contributed by atoms with E-state index in [1.807, 2.05) is 48.5 Å². The molecular formula is C23H24N4O. The maximum atomic E-state index is 13.2. The molecular weight excluding hydrogens is 348 g/mol. The largest absolute Gasteiger partial charge is 0.398 e. The van der Waals surface area contributed by atoms with Gasteiger partial charge in [-0.2, -0.15) is 10.2 Å². The molecule has 2 aromatic carbocycles. The lowest BCUT2D eigenvalue weighted by Crippen LogP contribution is -2.42. The van der Waals surface area contributed by atoms with Crippen LogP contribution >= 0.6 is 0 Å². The van der Waals surface area contributed by atoms with Crippen LogP contribution in [-0.2, 0) is 4.79 Å². The van der Waals surface area contributed by atoms with Gasteiger partial charge in [-0.05, 0) is 25.0 Å². The van der Waals surface area contributed by atoms with Crippen LogP contribution in [0.5, 0.6) is 0 Å². The van der Waals surface area contributed by atoms with Gasteiger partial charge in [-0.3, -0.25) is 4.79 Å². The Morgan fingerprint density at radius 2 is 1.50 bits per heavy atom. The molecule has 2 aromatic rings. The van der Waals surface area contributed by atoms with Crippen molar-refractivity contribution in [1.29, 1.82) is 0 Å². The molecule has 1 aliphatic carbocycles. The lowest BCUT2D eigenvalue weighted by Gasteiger charge is -2.36. The maximum Gasteiger partial charge on any atom is 0.228 e. The first-order valence-corrected chi connectivity index (χ1v) is 10.1. The minimum atomic E-state index is -0.0908. The van der Waals surface area contributed by atoms with E-state index in [1.54, 1.807) is 0 Å². The molecule has 28 heavy (non-hydrogen) atoms. The SMILES string of the molecule is Nc1ccccc1C1=NN=C2c3ccccc3NC(=O)C3CCCCCC1C23. The van der Waals surface area contributed by atoms with E-state index in [0.29, 0.717) is 0 Å². The first-order chi connectivity index (χ1) is 13.7. The lowest BCUT2D eigenvalue weighted by atomic mass is 9.68. The van der Waals surface area contributed by atoms with Gasteiger partial charge in [-0.15, -0.1) is 0 Å². The molecule has 0 aromatic heterocycles. The number of benzene rings is 2. The molecule has 2 aliphatic heterocycles. The van der Waals surface area contributed by atoms with Gasteiger partial charge in [0.2, 0.25) is 5.91 Å². The fourth-order valence-electron chi connectivity index (χ4n) is 5.03. The van der Waals surface area contributed by atoms with Gasteiger partial charge in [-0.25, -0.2) is 0 Å². The monoisotopic (exact) mass is 372 g/mol. The number of rotatable bonds is 1. The van der Waals surface area contributed by atoms with Crippen molar-refractivity contribution < 1.29 is 4.79 Å². The molecule has 5 nitrogen and oxygen atoms in total. The zero-order valence-corrected chi connectivity index (χ0v) is 15.8. The summed E-state index contributed by atoms with van der Waals surface area (Å²) in [6.07, 6.45) is 5.24. The molecule has 0 bridgehead atoms. The van der Waals surface area contributed by atoms with Crippen LogP contribution in [-0.4, -0.2) is 17.3 Å². The van der Waals surface area contributed by atoms with Crippen molar-refractivity contribution in [2.24, 2.45) is 28.0 Å². The molecule has 3 aliphatic rings. The van der Waals surface area contributed by atoms with Crippen LogP contribution in [0.25, 0.3) is 0 Å². The standard InChI is InChI=1S/C23H24N4O/c24-18-12-6-4-8-14(18)21-16-10-2-1-3-11-17-20(16)22(27-26-21)15-9-5-7-13-19(15)25-23(17)28/h4-9,12-13,16-17,20H,1-3,10-11,24H2,(H,25,28). The molecule has 1 fully saturated rings. The third kappa shape index (κ3) is 2.73. The van der Waals surface area contributed by atoms with E-state index in [9.17, 15) is 4.79 Å². The summed E-state index contributed by atoms with van der Waals surface area (Å²) < 4.78 is 0. The smallest absolute Gasteiger partial charge is 0.228 e. The van der Waals surface area contributed by atoms with Gasteiger partial charge in [0.1, 0.15) is 0 Å². The van der Waals surface area contributed by atoms with E-state index < -0.39 is 0 Å². The van der Waals surface area contributed by atoms with Gasteiger partial charge in [0.25, 0.3) is 0 Å². The highest BCUT2D eigenvalue weighted by Gasteiger charge is 2.45. The zero-order valence-electron chi connectivity index (χ0n) is 15.8. The highest BCUT2D eigenvalue weighted by Crippen LogP contribution is 2.43. The fraction of sp³-hybridized carbons (Fsp3) is 0.348. The number of fused-ring (bicyclic) bond motifs is 2. The van der Waals surface area contributed by atoms with Crippen molar-refractivity contribution in [2.75, 3.05) is 11.1 Å². The Labute approximate surface area is 164 Å². The number of para-hydroxylation sites is 2. The van der Waals surface area contributed by atoms with E-state index in [2.05, 4.69) is 10.4 Å². The minimum absolute atomic E-state index is 0.0380. The van der Waals surface area contributed by atoms with Crippen LogP contribution in [0.3, 0.4) is 0 Å². The number of carbonyl (C=O) groups is 1. The van der Waals surface area contributed by atoms with Gasteiger partial charge in [0.05, 0.1) is 11.4 Å². The quantitative estimate of drug-likeness (QED) is 0.734. The summed E-state index contributed by atoms with van der Waals surface area (Å²) in [6, 6.07) is 15.8. The van der Waals surface area contributed by atoms with Crippen molar-refractivity contribution in [2.45, 2.75) is 32.1 Å².